The molecule has 0 spiro atoms. The number of carboxylic acids is 2. The number of carbonyl (C=O) groups excluding carboxylic acids is 2. The Balaban J connectivity index is 2.62. The van der Waals surface area contributed by atoms with Crippen molar-refractivity contribution in [1.29, 1.82) is 0 Å². The van der Waals surface area contributed by atoms with Crippen molar-refractivity contribution in [3.63, 3.8) is 0 Å². The van der Waals surface area contributed by atoms with E-state index in [-0.39, 0.29) is 5.91 Å². The fraction of sp³-hybridized carbons (Fsp3) is 0.600. The average molecular weight is 273 g/mol. The maximum absolute atomic E-state index is 11.7. The van der Waals surface area contributed by atoms with Crippen LogP contribution in [0.1, 0.15) is 12.8 Å². The zero-order valence-corrected chi connectivity index (χ0v) is 10.1. The molecule has 0 aromatic heterocycles. The number of urea groups is 1. The van der Waals surface area contributed by atoms with Gasteiger partial charge in [-0.1, -0.05) is 0 Å². The predicted octanol–water partition coefficient (Wildman–Crippen LogP) is -1.55. The van der Waals surface area contributed by atoms with E-state index in [0.717, 1.165) is 0 Å². The SMILES string of the molecule is O=C(O)CN(CC(=O)O)C(=O)NC1CCCNC1=O. The molecule has 1 heterocycles. The first-order chi connectivity index (χ1) is 8.90. The molecule has 0 aromatic rings. The summed E-state index contributed by atoms with van der Waals surface area (Å²) in [5, 5.41) is 22.1. The molecule has 0 aromatic carbocycles. The molecule has 1 aliphatic rings. The van der Waals surface area contributed by atoms with Gasteiger partial charge < -0.3 is 25.7 Å². The zero-order valence-electron chi connectivity index (χ0n) is 10.1. The minimum absolute atomic E-state index is 0.356. The highest BCUT2D eigenvalue weighted by Crippen LogP contribution is 2.04. The van der Waals surface area contributed by atoms with Crippen molar-refractivity contribution < 1.29 is 29.4 Å². The van der Waals surface area contributed by atoms with E-state index in [2.05, 4.69) is 10.6 Å². The van der Waals surface area contributed by atoms with Gasteiger partial charge in [0.05, 0.1) is 0 Å². The third-order valence-electron chi connectivity index (χ3n) is 2.52. The number of rotatable bonds is 5. The second kappa shape index (κ2) is 6.57. The summed E-state index contributed by atoms with van der Waals surface area (Å²) in [6.45, 7) is -0.960. The summed E-state index contributed by atoms with van der Waals surface area (Å²) >= 11 is 0. The Hall–Kier alpha value is -2.32. The molecule has 106 valence electrons. The first-order valence-corrected chi connectivity index (χ1v) is 5.67. The van der Waals surface area contributed by atoms with E-state index in [4.69, 9.17) is 10.2 Å². The summed E-state index contributed by atoms with van der Waals surface area (Å²) in [6.07, 6.45) is 1.13. The van der Waals surface area contributed by atoms with Gasteiger partial charge in [0.25, 0.3) is 0 Å². The predicted molar refractivity (Wildman–Crippen MR) is 61.4 cm³/mol. The lowest BCUT2D eigenvalue weighted by Crippen LogP contribution is -2.55. The zero-order chi connectivity index (χ0) is 14.4. The molecule has 1 aliphatic heterocycles. The van der Waals surface area contributed by atoms with Gasteiger partial charge in [0.2, 0.25) is 5.91 Å². The largest absolute Gasteiger partial charge is 0.480 e. The lowest BCUT2D eigenvalue weighted by atomic mass is 10.1. The number of aliphatic carboxylic acids is 2. The van der Waals surface area contributed by atoms with Gasteiger partial charge in [0.1, 0.15) is 19.1 Å². The van der Waals surface area contributed by atoms with Crippen molar-refractivity contribution in [3.8, 4) is 0 Å². The number of piperidine rings is 1. The Labute approximate surface area is 108 Å². The van der Waals surface area contributed by atoms with E-state index >= 15 is 0 Å². The topological polar surface area (TPSA) is 136 Å². The Morgan fingerprint density at radius 2 is 1.84 bits per heavy atom. The van der Waals surface area contributed by atoms with Crippen LogP contribution >= 0.6 is 0 Å². The maximum Gasteiger partial charge on any atom is 0.323 e. The summed E-state index contributed by atoms with van der Waals surface area (Å²) in [5.74, 6) is -3.01. The standard InChI is InChI=1S/C10H15N3O6/c14-7(15)4-13(5-8(16)17)10(19)12-6-2-1-3-11-9(6)18/h6H,1-5H2,(H,11,18)(H,12,19)(H,14,15)(H,16,17). The number of nitrogens with zero attached hydrogens (tertiary/aromatic N) is 1. The molecule has 0 radical (unpaired) electrons. The molecule has 4 N–H and O–H groups in total. The Kier molecular flexibility index (Phi) is 5.10. The van der Waals surface area contributed by atoms with Gasteiger partial charge in [-0.15, -0.1) is 0 Å². The fourth-order valence-electron chi connectivity index (χ4n) is 1.68. The summed E-state index contributed by atoms with van der Waals surface area (Å²) in [6, 6.07) is -1.64. The van der Waals surface area contributed by atoms with Crippen LogP contribution in [0.4, 0.5) is 4.79 Å². The number of nitrogens with one attached hydrogen (secondary N) is 2. The number of hydrogen-bond donors (Lipinski definition) is 4. The van der Waals surface area contributed by atoms with Crippen LogP contribution in [0.3, 0.4) is 0 Å². The molecule has 1 atom stereocenters. The Bertz CT molecular complexity index is 381. The van der Waals surface area contributed by atoms with Crippen LogP contribution < -0.4 is 10.6 Å². The smallest absolute Gasteiger partial charge is 0.323 e. The highest BCUT2D eigenvalue weighted by atomic mass is 16.4. The molecule has 1 rings (SSSR count). The molecule has 9 nitrogen and oxygen atoms in total. The van der Waals surface area contributed by atoms with Crippen molar-refractivity contribution in [3.05, 3.63) is 0 Å². The number of carboxylic acid groups (broad SMARTS) is 2. The van der Waals surface area contributed by atoms with E-state index in [9.17, 15) is 19.2 Å². The number of hydrogen-bond acceptors (Lipinski definition) is 4. The van der Waals surface area contributed by atoms with Crippen molar-refractivity contribution >= 4 is 23.9 Å². The molecule has 1 unspecified atom stereocenters. The van der Waals surface area contributed by atoms with Crippen LogP contribution in [0.25, 0.3) is 0 Å². The van der Waals surface area contributed by atoms with Gasteiger partial charge in [-0.3, -0.25) is 14.4 Å². The average Bonchev–Trinajstić information content (AvgIpc) is 2.30. The van der Waals surface area contributed by atoms with E-state index in [1.807, 2.05) is 0 Å². The van der Waals surface area contributed by atoms with Crippen LogP contribution in [-0.2, 0) is 14.4 Å². The second-order valence-corrected chi connectivity index (χ2v) is 4.08. The lowest BCUT2D eigenvalue weighted by molar-refractivity contribution is -0.140. The molecule has 1 saturated heterocycles. The van der Waals surface area contributed by atoms with Crippen LogP contribution in [0.2, 0.25) is 0 Å². The van der Waals surface area contributed by atoms with Crippen molar-refractivity contribution in [2.45, 2.75) is 18.9 Å². The van der Waals surface area contributed by atoms with E-state index in [1.165, 1.54) is 0 Å². The summed E-state index contributed by atoms with van der Waals surface area (Å²) in [5.41, 5.74) is 0. The van der Waals surface area contributed by atoms with Gasteiger partial charge in [-0.05, 0) is 12.8 Å². The van der Waals surface area contributed by atoms with E-state index in [1.54, 1.807) is 0 Å². The van der Waals surface area contributed by atoms with Crippen LogP contribution in [0, 0.1) is 0 Å². The van der Waals surface area contributed by atoms with E-state index < -0.39 is 37.1 Å². The quantitative estimate of drug-likeness (QED) is 0.478. The van der Waals surface area contributed by atoms with Gasteiger partial charge >= 0.3 is 18.0 Å². The number of amides is 3. The molecule has 0 bridgehead atoms. The minimum atomic E-state index is -1.33. The molecule has 1 fully saturated rings. The third-order valence-corrected chi connectivity index (χ3v) is 2.52. The maximum atomic E-state index is 11.7. The lowest BCUT2D eigenvalue weighted by Gasteiger charge is -2.26. The molecular formula is C10H15N3O6. The second-order valence-electron chi connectivity index (χ2n) is 4.08. The monoisotopic (exact) mass is 273 g/mol. The van der Waals surface area contributed by atoms with Crippen LogP contribution in [0.15, 0.2) is 0 Å². The molecule has 0 aliphatic carbocycles. The van der Waals surface area contributed by atoms with Gasteiger partial charge in [-0.2, -0.15) is 0 Å². The molecular weight excluding hydrogens is 258 g/mol. The normalized spacial score (nSPS) is 18.3. The van der Waals surface area contributed by atoms with Gasteiger partial charge in [0.15, 0.2) is 0 Å². The molecule has 9 heteroatoms. The summed E-state index contributed by atoms with van der Waals surface area (Å²) in [7, 11) is 0. The van der Waals surface area contributed by atoms with Crippen molar-refractivity contribution in [2.24, 2.45) is 0 Å². The first kappa shape index (κ1) is 14.7. The minimum Gasteiger partial charge on any atom is -0.480 e. The van der Waals surface area contributed by atoms with E-state index in [0.29, 0.717) is 24.3 Å². The Morgan fingerprint density at radius 3 is 2.32 bits per heavy atom. The van der Waals surface area contributed by atoms with Gasteiger partial charge in [-0.25, -0.2) is 4.79 Å². The number of carbonyl (C=O) groups is 4. The highest BCUT2D eigenvalue weighted by molar-refractivity contribution is 5.89. The van der Waals surface area contributed by atoms with Crippen LogP contribution in [0.5, 0.6) is 0 Å². The molecule has 19 heavy (non-hydrogen) atoms. The highest BCUT2D eigenvalue weighted by Gasteiger charge is 2.27. The molecule has 3 amide bonds. The Morgan fingerprint density at radius 1 is 1.26 bits per heavy atom. The summed E-state index contributed by atoms with van der Waals surface area (Å²) in [4.78, 5) is 44.9. The van der Waals surface area contributed by atoms with Crippen molar-refractivity contribution in [2.75, 3.05) is 19.6 Å². The van der Waals surface area contributed by atoms with Gasteiger partial charge in [0, 0.05) is 6.54 Å². The third kappa shape index (κ3) is 4.82. The molecule has 0 saturated carbocycles. The fourth-order valence-corrected chi connectivity index (χ4v) is 1.68. The van der Waals surface area contributed by atoms with Crippen molar-refractivity contribution in [1.82, 2.24) is 15.5 Å². The van der Waals surface area contributed by atoms with Crippen LogP contribution in [-0.4, -0.2) is 64.7 Å². The first-order valence-electron chi connectivity index (χ1n) is 5.67. The summed E-state index contributed by atoms with van der Waals surface area (Å²) < 4.78 is 0.